The number of carbonyl (C=O) groups excluding carboxylic acids is 1. The van der Waals surface area contributed by atoms with E-state index in [1.165, 1.54) is 19.3 Å². The number of carbonyl (C=O) groups is 1. The summed E-state index contributed by atoms with van der Waals surface area (Å²) < 4.78 is 0. The Balaban J connectivity index is 1.96. The summed E-state index contributed by atoms with van der Waals surface area (Å²) in [5, 5.41) is 3.76. The first-order valence-electron chi connectivity index (χ1n) is 7.80. The molecule has 0 radical (unpaired) electrons. The monoisotopic (exact) mass is 308 g/mol. The Labute approximate surface area is 132 Å². The molecule has 2 rings (SSSR count). The third kappa shape index (κ3) is 4.21. The van der Waals surface area contributed by atoms with Crippen molar-refractivity contribution in [1.29, 1.82) is 0 Å². The SMILES string of the molecule is C[C@H](NC(=O)CC1(CN)CCCCC1)c1ccccc1Cl. The summed E-state index contributed by atoms with van der Waals surface area (Å²) in [4.78, 5) is 12.4. The van der Waals surface area contributed by atoms with E-state index in [0.29, 0.717) is 18.0 Å². The Morgan fingerprint density at radius 3 is 2.62 bits per heavy atom. The van der Waals surface area contributed by atoms with E-state index in [1.54, 1.807) is 0 Å². The van der Waals surface area contributed by atoms with Gasteiger partial charge in [0, 0.05) is 11.4 Å². The van der Waals surface area contributed by atoms with Gasteiger partial charge in [0.1, 0.15) is 0 Å². The van der Waals surface area contributed by atoms with Gasteiger partial charge >= 0.3 is 0 Å². The Bertz CT molecular complexity index is 483. The highest BCUT2D eigenvalue weighted by molar-refractivity contribution is 6.31. The Morgan fingerprint density at radius 1 is 1.33 bits per heavy atom. The zero-order chi connectivity index (χ0) is 15.3. The molecule has 21 heavy (non-hydrogen) atoms. The van der Waals surface area contributed by atoms with Crippen LogP contribution in [0.4, 0.5) is 0 Å². The minimum Gasteiger partial charge on any atom is -0.350 e. The molecule has 3 N–H and O–H groups in total. The molecule has 1 aliphatic carbocycles. The van der Waals surface area contributed by atoms with Gasteiger partial charge in [0.2, 0.25) is 5.91 Å². The second kappa shape index (κ2) is 7.28. The predicted molar refractivity (Wildman–Crippen MR) is 87.2 cm³/mol. The summed E-state index contributed by atoms with van der Waals surface area (Å²) in [7, 11) is 0. The van der Waals surface area contributed by atoms with Gasteiger partial charge in [-0.05, 0) is 43.4 Å². The van der Waals surface area contributed by atoms with Crippen LogP contribution in [0.1, 0.15) is 57.1 Å². The number of halogens is 1. The van der Waals surface area contributed by atoms with Crippen LogP contribution in [0.3, 0.4) is 0 Å². The molecule has 0 aliphatic heterocycles. The summed E-state index contributed by atoms with van der Waals surface area (Å²) in [6.45, 7) is 2.57. The largest absolute Gasteiger partial charge is 0.350 e. The molecule has 3 nitrogen and oxygen atoms in total. The van der Waals surface area contributed by atoms with Crippen molar-refractivity contribution < 1.29 is 4.79 Å². The minimum absolute atomic E-state index is 0.00252. The van der Waals surface area contributed by atoms with Gasteiger partial charge < -0.3 is 11.1 Å². The quantitative estimate of drug-likeness (QED) is 0.869. The number of hydrogen-bond donors (Lipinski definition) is 2. The molecule has 0 heterocycles. The Hall–Kier alpha value is -1.06. The molecule has 0 spiro atoms. The lowest BCUT2D eigenvalue weighted by Crippen LogP contribution is -2.39. The van der Waals surface area contributed by atoms with E-state index in [4.69, 9.17) is 17.3 Å². The van der Waals surface area contributed by atoms with Crippen molar-refractivity contribution in [1.82, 2.24) is 5.32 Å². The number of rotatable bonds is 5. The first-order chi connectivity index (χ1) is 10.1. The van der Waals surface area contributed by atoms with E-state index < -0.39 is 0 Å². The van der Waals surface area contributed by atoms with Crippen molar-refractivity contribution in [3.05, 3.63) is 34.9 Å². The van der Waals surface area contributed by atoms with Crippen molar-refractivity contribution in [2.45, 2.75) is 51.5 Å². The van der Waals surface area contributed by atoms with Gasteiger partial charge in [-0.1, -0.05) is 49.1 Å². The van der Waals surface area contributed by atoms with Crippen LogP contribution in [0.5, 0.6) is 0 Å². The summed E-state index contributed by atoms with van der Waals surface area (Å²) in [5.41, 5.74) is 6.91. The molecule has 4 heteroatoms. The summed E-state index contributed by atoms with van der Waals surface area (Å²) in [5.74, 6) is 0.0785. The molecular weight excluding hydrogens is 284 g/mol. The molecule has 0 unspecified atom stereocenters. The first kappa shape index (κ1) is 16.3. The normalized spacial score (nSPS) is 19.0. The van der Waals surface area contributed by atoms with Crippen molar-refractivity contribution in [2.75, 3.05) is 6.54 Å². The van der Waals surface area contributed by atoms with Crippen LogP contribution in [-0.4, -0.2) is 12.5 Å². The van der Waals surface area contributed by atoms with E-state index >= 15 is 0 Å². The molecule has 116 valence electrons. The lowest BCUT2D eigenvalue weighted by atomic mass is 9.71. The van der Waals surface area contributed by atoms with Gasteiger partial charge in [0.25, 0.3) is 0 Å². The smallest absolute Gasteiger partial charge is 0.221 e. The van der Waals surface area contributed by atoms with Crippen LogP contribution in [0, 0.1) is 5.41 Å². The van der Waals surface area contributed by atoms with Gasteiger partial charge in [-0.2, -0.15) is 0 Å². The highest BCUT2D eigenvalue weighted by Crippen LogP contribution is 2.38. The number of nitrogens with two attached hydrogens (primary N) is 1. The van der Waals surface area contributed by atoms with E-state index in [1.807, 2.05) is 31.2 Å². The first-order valence-corrected chi connectivity index (χ1v) is 8.18. The molecule has 0 bridgehead atoms. The van der Waals surface area contributed by atoms with Crippen molar-refractivity contribution in [3.8, 4) is 0 Å². The van der Waals surface area contributed by atoms with Crippen LogP contribution in [0.25, 0.3) is 0 Å². The van der Waals surface area contributed by atoms with E-state index in [2.05, 4.69) is 5.32 Å². The molecule has 1 aliphatic rings. The summed E-state index contributed by atoms with van der Waals surface area (Å²) >= 11 is 6.18. The number of hydrogen-bond acceptors (Lipinski definition) is 2. The van der Waals surface area contributed by atoms with Gasteiger partial charge in [0.05, 0.1) is 6.04 Å². The summed E-state index contributed by atoms with van der Waals surface area (Å²) in [6.07, 6.45) is 6.29. The standard InChI is InChI=1S/C17H25ClN2O/c1-13(14-7-3-4-8-15(14)18)20-16(21)11-17(12-19)9-5-2-6-10-17/h3-4,7-8,13H,2,5-6,9-12,19H2,1H3,(H,20,21)/t13-/m0/s1. The number of amides is 1. The molecule has 1 atom stereocenters. The van der Waals surface area contributed by atoms with Crippen molar-refractivity contribution in [3.63, 3.8) is 0 Å². The maximum Gasteiger partial charge on any atom is 0.221 e. The second-order valence-corrected chi connectivity index (χ2v) is 6.66. The lowest BCUT2D eigenvalue weighted by molar-refractivity contribution is -0.124. The van der Waals surface area contributed by atoms with Crippen LogP contribution >= 0.6 is 11.6 Å². The van der Waals surface area contributed by atoms with Gasteiger partial charge in [-0.25, -0.2) is 0 Å². The molecule has 1 aromatic carbocycles. The highest BCUT2D eigenvalue weighted by Gasteiger charge is 2.33. The molecule has 1 aromatic rings. The van der Waals surface area contributed by atoms with E-state index in [-0.39, 0.29) is 17.4 Å². The molecule has 0 aromatic heterocycles. The zero-order valence-corrected chi connectivity index (χ0v) is 13.5. The van der Waals surface area contributed by atoms with Gasteiger partial charge in [-0.3, -0.25) is 4.79 Å². The van der Waals surface area contributed by atoms with Crippen molar-refractivity contribution in [2.24, 2.45) is 11.1 Å². The maximum atomic E-state index is 12.4. The van der Waals surface area contributed by atoms with Crippen LogP contribution in [0.2, 0.25) is 5.02 Å². The number of benzene rings is 1. The molecule has 0 saturated heterocycles. The third-order valence-corrected chi connectivity index (χ3v) is 4.98. The average Bonchev–Trinajstić information content (AvgIpc) is 2.48. The fraction of sp³-hybridized carbons (Fsp3) is 0.588. The molecular formula is C17H25ClN2O. The number of nitrogens with one attached hydrogen (secondary N) is 1. The van der Waals surface area contributed by atoms with Crippen LogP contribution in [-0.2, 0) is 4.79 Å². The topological polar surface area (TPSA) is 55.1 Å². The average molecular weight is 309 g/mol. The van der Waals surface area contributed by atoms with E-state index in [0.717, 1.165) is 18.4 Å². The lowest BCUT2D eigenvalue weighted by Gasteiger charge is -2.36. The maximum absolute atomic E-state index is 12.4. The minimum atomic E-state index is -0.0791. The van der Waals surface area contributed by atoms with Crippen LogP contribution < -0.4 is 11.1 Å². The molecule has 1 fully saturated rings. The van der Waals surface area contributed by atoms with Gasteiger partial charge in [0.15, 0.2) is 0 Å². The Morgan fingerprint density at radius 2 is 2.00 bits per heavy atom. The van der Waals surface area contributed by atoms with Gasteiger partial charge in [-0.15, -0.1) is 0 Å². The predicted octanol–water partition coefficient (Wildman–Crippen LogP) is 3.82. The highest BCUT2D eigenvalue weighted by atomic mass is 35.5. The third-order valence-electron chi connectivity index (χ3n) is 4.63. The van der Waals surface area contributed by atoms with E-state index in [9.17, 15) is 4.79 Å². The zero-order valence-electron chi connectivity index (χ0n) is 12.7. The molecule has 1 amide bonds. The molecule has 1 saturated carbocycles. The second-order valence-electron chi connectivity index (χ2n) is 6.25. The van der Waals surface area contributed by atoms with Crippen molar-refractivity contribution >= 4 is 17.5 Å². The summed E-state index contributed by atoms with van der Waals surface area (Å²) in [6, 6.07) is 7.55. The van der Waals surface area contributed by atoms with Crippen LogP contribution in [0.15, 0.2) is 24.3 Å². The fourth-order valence-electron chi connectivity index (χ4n) is 3.29. The fourth-order valence-corrected chi connectivity index (χ4v) is 3.59. The Kier molecular flexibility index (Phi) is 5.65.